The largest absolute Gasteiger partial charge is 0.494 e. The minimum atomic E-state index is -4.45. The zero-order valence-electron chi connectivity index (χ0n) is 18.7. The molecule has 36 heavy (non-hydrogen) atoms. The molecule has 0 unspecified atom stereocenters. The van der Waals surface area contributed by atoms with E-state index in [1.807, 2.05) is 6.92 Å². The van der Waals surface area contributed by atoms with Crippen molar-refractivity contribution < 1.29 is 27.3 Å². The van der Waals surface area contributed by atoms with Gasteiger partial charge in [-0.1, -0.05) is 24.3 Å². The Balaban J connectivity index is 1.60. The monoisotopic (exact) mass is 500 g/mol. The first-order valence-electron chi connectivity index (χ1n) is 10.6. The Morgan fingerprint density at radius 3 is 2.50 bits per heavy atom. The van der Waals surface area contributed by atoms with Gasteiger partial charge in [-0.3, -0.25) is 4.79 Å². The fourth-order valence-electron chi connectivity index (χ4n) is 3.09. The van der Waals surface area contributed by atoms with Crippen molar-refractivity contribution in [2.24, 2.45) is 5.10 Å². The zero-order valence-corrected chi connectivity index (χ0v) is 18.7. The Kier molecular flexibility index (Phi) is 6.94. The van der Waals surface area contributed by atoms with E-state index in [1.54, 1.807) is 24.3 Å². The highest BCUT2D eigenvalue weighted by Gasteiger charge is 2.30. The summed E-state index contributed by atoms with van der Waals surface area (Å²) >= 11 is 0. The molecule has 14 heteroatoms. The number of ether oxygens (including phenoxy) is 1. The number of carbonyl (C=O) groups excluding carboxylic acids is 1. The van der Waals surface area contributed by atoms with Crippen LogP contribution in [0.4, 0.5) is 19.0 Å². The van der Waals surface area contributed by atoms with Crippen LogP contribution >= 0.6 is 0 Å². The predicted octanol–water partition coefficient (Wildman–Crippen LogP) is 3.47. The van der Waals surface area contributed by atoms with Crippen LogP contribution in [-0.2, 0) is 6.18 Å². The van der Waals surface area contributed by atoms with Crippen molar-refractivity contribution in [3.63, 3.8) is 0 Å². The minimum absolute atomic E-state index is 0.0242. The van der Waals surface area contributed by atoms with Crippen molar-refractivity contribution in [2.75, 3.05) is 12.3 Å². The van der Waals surface area contributed by atoms with E-state index in [-0.39, 0.29) is 23.0 Å². The maximum Gasteiger partial charge on any atom is 0.416 e. The van der Waals surface area contributed by atoms with Crippen molar-refractivity contribution in [1.82, 2.24) is 30.7 Å². The Hall–Kier alpha value is -4.75. The van der Waals surface area contributed by atoms with Crippen LogP contribution in [0.5, 0.6) is 5.75 Å². The number of benzene rings is 2. The van der Waals surface area contributed by atoms with Gasteiger partial charge in [0.1, 0.15) is 11.4 Å². The number of hydrogen-bond acceptors (Lipinski definition) is 9. The van der Waals surface area contributed by atoms with E-state index in [9.17, 15) is 18.0 Å². The van der Waals surface area contributed by atoms with Crippen molar-refractivity contribution in [2.45, 2.75) is 19.5 Å². The number of nitrogens with one attached hydrogen (secondary N) is 1. The van der Waals surface area contributed by atoms with Gasteiger partial charge in [0.25, 0.3) is 5.91 Å². The number of alkyl halides is 3. The number of rotatable bonds is 8. The fourth-order valence-corrected chi connectivity index (χ4v) is 3.09. The molecule has 3 N–H and O–H groups in total. The second-order valence-corrected chi connectivity index (χ2v) is 7.36. The lowest BCUT2D eigenvalue weighted by atomic mass is 10.1. The summed E-state index contributed by atoms with van der Waals surface area (Å²) in [6, 6.07) is 11.1. The lowest BCUT2D eigenvalue weighted by Crippen LogP contribution is -2.19. The van der Waals surface area contributed by atoms with E-state index in [2.05, 4.69) is 35.8 Å². The number of amides is 1. The standard InChI is InChI=1S/C22H19F3N8O3/c1-2-11-35-16-9-5-14(6-10-16)18-17(28-32-33(18)20-19(26)30-36-31-20)21(34)29-27-12-13-3-7-15(8-4-13)22(23,24)25/h3-10,12H,2,11H2,1H3,(H2,26,30)(H,29,34)/b27-12+. The molecule has 0 aliphatic carbocycles. The number of carbonyl (C=O) groups is 1. The number of nitrogen functional groups attached to an aromatic ring is 1. The lowest BCUT2D eigenvalue weighted by Gasteiger charge is -2.08. The van der Waals surface area contributed by atoms with Gasteiger partial charge in [-0.25, -0.2) is 10.1 Å². The van der Waals surface area contributed by atoms with Crippen molar-refractivity contribution in [1.29, 1.82) is 0 Å². The maximum absolute atomic E-state index is 12.9. The zero-order chi connectivity index (χ0) is 25.7. The summed E-state index contributed by atoms with van der Waals surface area (Å²) in [4.78, 5) is 12.9. The van der Waals surface area contributed by atoms with E-state index in [0.717, 1.165) is 18.6 Å². The molecule has 11 nitrogen and oxygen atoms in total. The minimum Gasteiger partial charge on any atom is -0.494 e. The molecule has 0 saturated heterocycles. The topological polar surface area (TPSA) is 146 Å². The predicted molar refractivity (Wildman–Crippen MR) is 121 cm³/mol. The van der Waals surface area contributed by atoms with Gasteiger partial charge in [0.2, 0.25) is 11.6 Å². The van der Waals surface area contributed by atoms with Crippen LogP contribution in [0.25, 0.3) is 17.1 Å². The molecule has 4 aromatic rings. The molecule has 4 rings (SSSR count). The average molecular weight is 500 g/mol. The van der Waals surface area contributed by atoms with Crippen LogP contribution in [0.15, 0.2) is 58.3 Å². The number of nitrogens with two attached hydrogens (primary N) is 1. The summed E-state index contributed by atoms with van der Waals surface area (Å²) in [6.07, 6.45) is -2.41. The van der Waals surface area contributed by atoms with Gasteiger partial charge in [0.05, 0.1) is 18.4 Å². The normalized spacial score (nSPS) is 11.7. The molecule has 0 spiro atoms. The van der Waals surface area contributed by atoms with Crippen LogP contribution < -0.4 is 15.9 Å². The van der Waals surface area contributed by atoms with E-state index in [1.165, 1.54) is 23.0 Å². The summed E-state index contributed by atoms with van der Waals surface area (Å²) in [6.45, 7) is 2.53. The molecule has 0 saturated carbocycles. The molecular weight excluding hydrogens is 481 g/mol. The quantitative estimate of drug-likeness (QED) is 0.276. The Morgan fingerprint density at radius 1 is 1.17 bits per heavy atom. The van der Waals surface area contributed by atoms with Crippen LogP contribution in [0.1, 0.15) is 35.0 Å². The second-order valence-electron chi connectivity index (χ2n) is 7.36. The first-order chi connectivity index (χ1) is 17.3. The summed E-state index contributed by atoms with van der Waals surface area (Å²) in [5, 5.41) is 18.9. The highest BCUT2D eigenvalue weighted by atomic mass is 19.4. The van der Waals surface area contributed by atoms with E-state index in [0.29, 0.717) is 23.5 Å². The third kappa shape index (κ3) is 5.32. The molecule has 0 aliphatic heterocycles. The number of hydrogen-bond donors (Lipinski definition) is 2. The van der Waals surface area contributed by atoms with Crippen molar-refractivity contribution in [3.05, 3.63) is 65.4 Å². The van der Waals surface area contributed by atoms with Gasteiger partial charge in [-0.2, -0.15) is 23.0 Å². The molecule has 2 aromatic carbocycles. The molecule has 0 fully saturated rings. The van der Waals surface area contributed by atoms with Crippen LogP contribution in [-0.4, -0.2) is 44.0 Å². The first kappa shape index (κ1) is 24.4. The summed E-state index contributed by atoms with van der Waals surface area (Å²) < 4.78 is 49.6. The second kappa shape index (κ2) is 10.2. The molecule has 0 radical (unpaired) electrons. The van der Waals surface area contributed by atoms with Crippen molar-refractivity contribution in [3.8, 4) is 22.8 Å². The van der Waals surface area contributed by atoms with Gasteiger partial charge in [0, 0.05) is 5.56 Å². The molecule has 1 amide bonds. The molecule has 0 bridgehead atoms. The summed E-state index contributed by atoms with van der Waals surface area (Å²) in [7, 11) is 0. The fraction of sp³-hybridized carbons (Fsp3) is 0.182. The van der Waals surface area contributed by atoms with Crippen LogP contribution in [0.2, 0.25) is 0 Å². The molecule has 2 heterocycles. The highest BCUT2D eigenvalue weighted by Crippen LogP contribution is 2.29. The van der Waals surface area contributed by atoms with Crippen LogP contribution in [0, 0.1) is 0 Å². The number of anilines is 1. The lowest BCUT2D eigenvalue weighted by molar-refractivity contribution is -0.137. The third-order valence-electron chi connectivity index (χ3n) is 4.80. The Labute approximate surface area is 201 Å². The number of nitrogens with zero attached hydrogens (tertiary/aromatic N) is 6. The number of hydrazone groups is 1. The number of halogens is 3. The van der Waals surface area contributed by atoms with Gasteiger partial charge >= 0.3 is 6.18 Å². The number of aromatic nitrogens is 5. The van der Waals surface area contributed by atoms with Gasteiger partial charge < -0.3 is 10.5 Å². The highest BCUT2D eigenvalue weighted by molar-refractivity contribution is 5.98. The third-order valence-corrected chi connectivity index (χ3v) is 4.80. The smallest absolute Gasteiger partial charge is 0.416 e. The van der Waals surface area contributed by atoms with Gasteiger partial charge in [0.15, 0.2) is 5.69 Å². The van der Waals surface area contributed by atoms with Gasteiger partial charge in [-0.15, -0.1) is 5.10 Å². The van der Waals surface area contributed by atoms with Crippen LogP contribution in [0.3, 0.4) is 0 Å². The summed E-state index contributed by atoms with van der Waals surface area (Å²) in [5.41, 5.74) is 8.27. The molecular formula is C22H19F3N8O3. The van der Waals surface area contributed by atoms with E-state index in [4.69, 9.17) is 10.5 Å². The summed E-state index contributed by atoms with van der Waals surface area (Å²) in [5.74, 6) is -0.150. The van der Waals surface area contributed by atoms with Crippen molar-refractivity contribution >= 4 is 17.9 Å². The van der Waals surface area contributed by atoms with E-state index >= 15 is 0 Å². The molecule has 186 valence electrons. The molecule has 0 aliphatic rings. The van der Waals surface area contributed by atoms with Gasteiger partial charge in [-0.05, 0) is 58.7 Å². The Bertz CT molecular complexity index is 1360. The maximum atomic E-state index is 12.9. The Morgan fingerprint density at radius 2 is 1.89 bits per heavy atom. The van der Waals surface area contributed by atoms with E-state index < -0.39 is 17.6 Å². The molecule has 2 aromatic heterocycles. The average Bonchev–Trinajstić information content (AvgIpc) is 3.49. The first-order valence-corrected chi connectivity index (χ1v) is 10.6. The molecule has 0 atom stereocenters. The SMILES string of the molecule is CCCOc1ccc(-c2c(C(=O)N/N=C/c3ccc(C(F)(F)F)cc3)nnn2-c2nonc2N)cc1.